The van der Waals surface area contributed by atoms with Crippen molar-refractivity contribution in [3.63, 3.8) is 0 Å². The second kappa shape index (κ2) is 8.18. The van der Waals surface area contributed by atoms with Gasteiger partial charge in [-0.25, -0.2) is 0 Å². The van der Waals surface area contributed by atoms with Gasteiger partial charge in [-0.1, -0.05) is 30.3 Å². The van der Waals surface area contributed by atoms with Crippen molar-refractivity contribution in [3.05, 3.63) is 65.7 Å². The molecule has 1 N–H and O–H groups in total. The van der Waals surface area contributed by atoms with E-state index in [0.717, 1.165) is 11.3 Å². The highest BCUT2D eigenvalue weighted by Crippen LogP contribution is 2.21. The van der Waals surface area contributed by atoms with Crippen molar-refractivity contribution in [2.75, 3.05) is 38.6 Å². The maximum absolute atomic E-state index is 13.0. The molecule has 156 valence electrons. The maximum atomic E-state index is 13.0. The van der Waals surface area contributed by atoms with E-state index in [-0.39, 0.29) is 24.3 Å². The number of piperazine rings is 2. The number of nitrogens with one attached hydrogen (secondary N) is 1. The third-order valence-corrected chi connectivity index (χ3v) is 5.78. The van der Waals surface area contributed by atoms with Gasteiger partial charge in [0, 0.05) is 44.9 Å². The Morgan fingerprint density at radius 3 is 2.40 bits per heavy atom. The molecule has 4 rings (SSSR count). The zero-order chi connectivity index (χ0) is 21.3. The van der Waals surface area contributed by atoms with Gasteiger partial charge in [-0.05, 0) is 29.8 Å². The van der Waals surface area contributed by atoms with Gasteiger partial charge in [0.05, 0.1) is 6.54 Å². The van der Waals surface area contributed by atoms with Crippen LogP contribution in [-0.2, 0) is 16.0 Å². The summed E-state index contributed by atoms with van der Waals surface area (Å²) in [6.07, 6.45) is 0.468. The first-order chi connectivity index (χ1) is 14.4. The quantitative estimate of drug-likeness (QED) is 0.827. The number of hydrogen-bond acceptors (Lipinski definition) is 4. The third-order valence-electron chi connectivity index (χ3n) is 5.78. The van der Waals surface area contributed by atoms with E-state index in [9.17, 15) is 14.4 Å². The predicted octanol–water partition coefficient (Wildman–Crippen LogP) is 1.15. The molecule has 2 aromatic carbocycles. The Bertz CT molecular complexity index is 943. The number of benzene rings is 2. The molecule has 7 nitrogen and oxygen atoms in total. The molecule has 0 spiro atoms. The van der Waals surface area contributed by atoms with Crippen LogP contribution in [0.15, 0.2) is 54.6 Å². The highest BCUT2D eigenvalue weighted by molar-refractivity contribution is 5.99. The molecule has 30 heavy (non-hydrogen) atoms. The van der Waals surface area contributed by atoms with Crippen molar-refractivity contribution in [2.45, 2.75) is 18.5 Å². The fraction of sp³-hybridized carbons (Fsp3) is 0.348. The number of hydrogen-bond donors (Lipinski definition) is 1. The van der Waals surface area contributed by atoms with Gasteiger partial charge in [-0.3, -0.25) is 14.4 Å². The van der Waals surface area contributed by atoms with Crippen LogP contribution < -0.4 is 10.2 Å². The van der Waals surface area contributed by atoms with Crippen molar-refractivity contribution >= 4 is 23.4 Å². The van der Waals surface area contributed by atoms with Gasteiger partial charge >= 0.3 is 0 Å². The lowest BCUT2D eigenvalue weighted by Gasteiger charge is -2.45. The average Bonchev–Trinajstić information content (AvgIpc) is 2.77. The van der Waals surface area contributed by atoms with Gasteiger partial charge in [0.2, 0.25) is 11.8 Å². The number of carbonyl (C=O) groups excluding carboxylic acids is 3. The van der Waals surface area contributed by atoms with Gasteiger partial charge in [0.15, 0.2) is 0 Å². The van der Waals surface area contributed by atoms with Gasteiger partial charge in [0.1, 0.15) is 12.1 Å². The van der Waals surface area contributed by atoms with E-state index in [4.69, 9.17) is 0 Å². The van der Waals surface area contributed by atoms with Gasteiger partial charge in [-0.2, -0.15) is 0 Å². The first-order valence-electron chi connectivity index (χ1n) is 10.2. The Morgan fingerprint density at radius 1 is 1.03 bits per heavy atom. The minimum absolute atomic E-state index is 0.0779. The van der Waals surface area contributed by atoms with Crippen LogP contribution >= 0.6 is 0 Å². The van der Waals surface area contributed by atoms with Crippen LogP contribution in [0.2, 0.25) is 0 Å². The van der Waals surface area contributed by atoms with E-state index in [2.05, 4.69) is 5.32 Å². The molecule has 0 radical (unpaired) electrons. The standard InChI is InChI=1S/C23H26N4O3/c1-25(2)18-10-8-17(9-11-18)22(29)26-12-13-27-20(15-26)21(28)24-19(23(27)30)14-16-6-4-3-5-7-16/h3-11,19-20H,12-15H2,1-2H3,(H,24,28)/t19-,20-/m1/s1. The summed E-state index contributed by atoms with van der Waals surface area (Å²) < 4.78 is 0. The van der Waals surface area contributed by atoms with Crippen molar-refractivity contribution in [1.82, 2.24) is 15.1 Å². The molecular formula is C23H26N4O3. The summed E-state index contributed by atoms with van der Waals surface area (Å²) in [5.41, 5.74) is 2.60. The summed E-state index contributed by atoms with van der Waals surface area (Å²) in [6.45, 7) is 0.996. The van der Waals surface area contributed by atoms with Crippen molar-refractivity contribution in [2.24, 2.45) is 0 Å². The summed E-state index contributed by atoms with van der Waals surface area (Å²) in [5.74, 6) is -0.395. The van der Waals surface area contributed by atoms with E-state index in [1.54, 1.807) is 21.9 Å². The zero-order valence-electron chi connectivity index (χ0n) is 17.2. The van der Waals surface area contributed by atoms with E-state index in [0.29, 0.717) is 25.1 Å². The third kappa shape index (κ3) is 3.87. The maximum Gasteiger partial charge on any atom is 0.254 e. The Labute approximate surface area is 176 Å². The van der Waals surface area contributed by atoms with Crippen molar-refractivity contribution in [1.29, 1.82) is 0 Å². The summed E-state index contributed by atoms with van der Waals surface area (Å²) in [5, 5.41) is 2.86. The van der Waals surface area contributed by atoms with E-state index in [1.807, 2.05) is 61.5 Å². The molecule has 2 heterocycles. The predicted molar refractivity (Wildman–Crippen MR) is 114 cm³/mol. The molecule has 0 bridgehead atoms. The second-order valence-corrected chi connectivity index (χ2v) is 7.99. The highest BCUT2D eigenvalue weighted by atomic mass is 16.2. The topological polar surface area (TPSA) is 73.0 Å². The molecule has 2 aromatic rings. The van der Waals surface area contributed by atoms with E-state index < -0.39 is 12.1 Å². The van der Waals surface area contributed by atoms with Crippen molar-refractivity contribution in [3.8, 4) is 0 Å². The average molecular weight is 406 g/mol. The Balaban J connectivity index is 1.44. The Morgan fingerprint density at radius 2 is 1.73 bits per heavy atom. The molecule has 2 saturated heterocycles. The normalized spacial score (nSPS) is 21.1. The van der Waals surface area contributed by atoms with Crippen LogP contribution in [0.25, 0.3) is 0 Å². The van der Waals surface area contributed by atoms with E-state index in [1.165, 1.54) is 0 Å². The summed E-state index contributed by atoms with van der Waals surface area (Å²) in [6, 6.07) is 15.9. The molecule has 0 unspecified atom stereocenters. The van der Waals surface area contributed by atoms with Crippen LogP contribution in [0.5, 0.6) is 0 Å². The molecule has 7 heteroatoms. The minimum Gasteiger partial charge on any atom is -0.378 e. The first kappa shape index (κ1) is 19.9. The lowest BCUT2D eigenvalue weighted by molar-refractivity contribution is -0.152. The number of carbonyl (C=O) groups is 3. The smallest absolute Gasteiger partial charge is 0.254 e. The molecule has 0 aromatic heterocycles. The molecular weight excluding hydrogens is 380 g/mol. The zero-order valence-corrected chi connectivity index (χ0v) is 17.2. The van der Waals surface area contributed by atoms with Gasteiger partial charge < -0.3 is 20.0 Å². The lowest BCUT2D eigenvalue weighted by atomic mass is 9.98. The monoisotopic (exact) mass is 406 g/mol. The molecule has 0 saturated carbocycles. The minimum atomic E-state index is -0.636. The summed E-state index contributed by atoms with van der Waals surface area (Å²) in [7, 11) is 3.89. The fourth-order valence-corrected chi connectivity index (χ4v) is 4.06. The SMILES string of the molecule is CN(C)c1ccc(C(=O)N2CCN3C(=O)[C@@H](Cc4ccccc4)NC(=O)[C@H]3C2)cc1. The van der Waals surface area contributed by atoms with Crippen molar-refractivity contribution < 1.29 is 14.4 Å². The fourth-order valence-electron chi connectivity index (χ4n) is 4.06. The highest BCUT2D eigenvalue weighted by Gasteiger charge is 2.44. The van der Waals surface area contributed by atoms with Crippen LogP contribution in [0.4, 0.5) is 5.69 Å². The van der Waals surface area contributed by atoms with Crippen LogP contribution in [0, 0.1) is 0 Å². The lowest BCUT2D eigenvalue weighted by Crippen LogP contribution is -2.70. The van der Waals surface area contributed by atoms with Gasteiger partial charge in [-0.15, -0.1) is 0 Å². The number of anilines is 1. The second-order valence-electron chi connectivity index (χ2n) is 7.99. The first-order valence-corrected chi connectivity index (χ1v) is 10.2. The summed E-state index contributed by atoms with van der Waals surface area (Å²) >= 11 is 0. The molecule has 2 fully saturated rings. The van der Waals surface area contributed by atoms with E-state index >= 15 is 0 Å². The number of fused-ring (bicyclic) bond motifs is 1. The number of nitrogens with zero attached hydrogens (tertiary/aromatic N) is 3. The number of rotatable bonds is 4. The molecule has 2 aliphatic heterocycles. The molecule has 0 aliphatic carbocycles. The molecule has 3 amide bonds. The van der Waals surface area contributed by atoms with Crippen LogP contribution in [-0.4, -0.2) is 73.3 Å². The van der Waals surface area contributed by atoms with Gasteiger partial charge in [0.25, 0.3) is 5.91 Å². The largest absolute Gasteiger partial charge is 0.378 e. The number of amides is 3. The van der Waals surface area contributed by atoms with Crippen LogP contribution in [0.1, 0.15) is 15.9 Å². The molecule has 2 atom stereocenters. The Kier molecular flexibility index (Phi) is 5.44. The molecule has 2 aliphatic rings. The Hall–Kier alpha value is -3.35. The summed E-state index contributed by atoms with van der Waals surface area (Å²) in [4.78, 5) is 43.9. The van der Waals surface area contributed by atoms with Crippen LogP contribution in [0.3, 0.4) is 0 Å².